The number of nitrogens with zero attached hydrogens (tertiary/aromatic N) is 3. The van der Waals surface area contributed by atoms with Crippen LogP contribution in [0.25, 0.3) is 0 Å². The van der Waals surface area contributed by atoms with Crippen LogP contribution in [0, 0.1) is 11.8 Å². The number of aromatic nitrogens is 3. The van der Waals surface area contributed by atoms with Crippen molar-refractivity contribution in [2.45, 2.75) is 31.7 Å². The van der Waals surface area contributed by atoms with Crippen molar-refractivity contribution in [1.82, 2.24) is 15.0 Å². The van der Waals surface area contributed by atoms with E-state index in [1.54, 1.807) is 6.20 Å². The Morgan fingerprint density at radius 1 is 1.38 bits per heavy atom. The molecule has 4 nitrogen and oxygen atoms in total. The zero-order valence-electron chi connectivity index (χ0n) is 7.56. The lowest BCUT2D eigenvalue weighted by Gasteiger charge is -2.20. The van der Waals surface area contributed by atoms with E-state index in [-0.39, 0.29) is 0 Å². The predicted octanol–water partition coefficient (Wildman–Crippen LogP) is 1.22. The monoisotopic (exact) mass is 178 g/mol. The Bertz CT molecular complexity index is 319. The van der Waals surface area contributed by atoms with Gasteiger partial charge in [-0.1, -0.05) is 6.42 Å². The van der Waals surface area contributed by atoms with Crippen LogP contribution in [0.5, 0.6) is 0 Å². The van der Waals surface area contributed by atoms with E-state index in [0.717, 1.165) is 11.8 Å². The lowest BCUT2D eigenvalue weighted by atomic mass is 9.96. The van der Waals surface area contributed by atoms with Crippen LogP contribution in [0.15, 0.2) is 6.20 Å². The van der Waals surface area contributed by atoms with Gasteiger partial charge in [0.05, 0.1) is 12.2 Å². The largest absolute Gasteiger partial charge is 0.381 e. The zero-order valence-corrected chi connectivity index (χ0v) is 7.56. The van der Waals surface area contributed by atoms with Gasteiger partial charge in [0.1, 0.15) is 0 Å². The molecule has 2 aliphatic carbocycles. The normalized spacial score (nSPS) is 37.1. The van der Waals surface area contributed by atoms with Gasteiger partial charge in [0.15, 0.2) is 5.82 Å². The quantitative estimate of drug-likeness (QED) is 0.703. The molecule has 1 aromatic heterocycles. The summed E-state index contributed by atoms with van der Waals surface area (Å²) in [6.45, 7) is 0. The minimum absolute atomic E-state index is 0.538. The summed E-state index contributed by atoms with van der Waals surface area (Å²) in [6.07, 6.45) is 7.06. The van der Waals surface area contributed by atoms with E-state index in [0.29, 0.717) is 11.9 Å². The van der Waals surface area contributed by atoms with E-state index in [1.165, 1.54) is 25.7 Å². The van der Waals surface area contributed by atoms with Gasteiger partial charge in [-0.25, -0.2) is 0 Å². The topological polar surface area (TPSA) is 56.7 Å². The second-order valence-electron chi connectivity index (χ2n) is 4.33. The maximum absolute atomic E-state index is 5.55. The summed E-state index contributed by atoms with van der Waals surface area (Å²) < 4.78 is 0. The van der Waals surface area contributed by atoms with Crippen LogP contribution in [-0.4, -0.2) is 15.0 Å². The highest BCUT2D eigenvalue weighted by atomic mass is 15.5. The van der Waals surface area contributed by atoms with Crippen LogP contribution >= 0.6 is 0 Å². The summed E-state index contributed by atoms with van der Waals surface area (Å²) >= 11 is 0. The van der Waals surface area contributed by atoms with Crippen LogP contribution in [0.4, 0.5) is 5.82 Å². The highest BCUT2D eigenvalue weighted by Crippen LogP contribution is 2.50. The molecule has 3 unspecified atom stereocenters. The molecule has 1 heterocycles. The SMILES string of the molecule is Nc1cnn(C2CC3CCC2C3)n1. The maximum Gasteiger partial charge on any atom is 0.165 e. The molecular formula is C9H14N4. The first-order chi connectivity index (χ1) is 6.33. The van der Waals surface area contributed by atoms with Crippen LogP contribution in [0.2, 0.25) is 0 Å². The Kier molecular flexibility index (Phi) is 1.39. The van der Waals surface area contributed by atoms with Crippen molar-refractivity contribution in [2.24, 2.45) is 11.8 Å². The number of rotatable bonds is 1. The van der Waals surface area contributed by atoms with Crippen molar-refractivity contribution in [1.29, 1.82) is 0 Å². The molecule has 0 amide bonds. The molecule has 0 aliphatic heterocycles. The lowest BCUT2D eigenvalue weighted by Crippen LogP contribution is -2.18. The molecule has 2 fully saturated rings. The second kappa shape index (κ2) is 2.47. The molecule has 0 radical (unpaired) electrons. The van der Waals surface area contributed by atoms with Gasteiger partial charge < -0.3 is 5.73 Å². The predicted molar refractivity (Wildman–Crippen MR) is 48.9 cm³/mol. The molecule has 3 rings (SSSR count). The first-order valence-electron chi connectivity index (χ1n) is 5.00. The van der Waals surface area contributed by atoms with Gasteiger partial charge in [-0.05, 0) is 31.1 Å². The van der Waals surface area contributed by atoms with Crippen molar-refractivity contribution >= 4 is 5.82 Å². The fraction of sp³-hybridized carbons (Fsp3) is 0.778. The summed E-state index contributed by atoms with van der Waals surface area (Å²) in [5, 5.41) is 8.39. The van der Waals surface area contributed by atoms with Gasteiger partial charge in [0, 0.05) is 0 Å². The van der Waals surface area contributed by atoms with Gasteiger partial charge in [0.2, 0.25) is 0 Å². The molecule has 3 atom stereocenters. The smallest absolute Gasteiger partial charge is 0.165 e. The number of nitrogens with two attached hydrogens (primary N) is 1. The van der Waals surface area contributed by atoms with Crippen LogP contribution < -0.4 is 5.73 Å². The van der Waals surface area contributed by atoms with E-state index < -0.39 is 0 Å². The van der Waals surface area contributed by atoms with Gasteiger partial charge in [-0.3, -0.25) is 0 Å². The zero-order chi connectivity index (χ0) is 8.84. The van der Waals surface area contributed by atoms with E-state index in [4.69, 9.17) is 5.73 Å². The first kappa shape index (κ1) is 7.35. The minimum atomic E-state index is 0.538. The van der Waals surface area contributed by atoms with Gasteiger partial charge >= 0.3 is 0 Å². The molecule has 2 aliphatic rings. The number of hydrogen-bond donors (Lipinski definition) is 1. The van der Waals surface area contributed by atoms with Crippen LogP contribution in [0.3, 0.4) is 0 Å². The van der Waals surface area contributed by atoms with Crippen molar-refractivity contribution < 1.29 is 0 Å². The lowest BCUT2D eigenvalue weighted by molar-refractivity contribution is 0.280. The fourth-order valence-electron chi connectivity index (χ4n) is 2.94. The van der Waals surface area contributed by atoms with Crippen LogP contribution in [-0.2, 0) is 0 Å². The molecular weight excluding hydrogens is 164 g/mol. The minimum Gasteiger partial charge on any atom is -0.381 e. The fourth-order valence-corrected chi connectivity index (χ4v) is 2.94. The third-order valence-corrected chi connectivity index (χ3v) is 3.52. The van der Waals surface area contributed by atoms with Gasteiger partial charge in [-0.15, -0.1) is 5.10 Å². The Labute approximate surface area is 77.1 Å². The number of fused-ring (bicyclic) bond motifs is 2. The Balaban J connectivity index is 1.87. The maximum atomic E-state index is 5.55. The average Bonchev–Trinajstić information content (AvgIpc) is 2.77. The summed E-state index contributed by atoms with van der Waals surface area (Å²) in [5.74, 6) is 2.29. The Morgan fingerprint density at radius 3 is 2.85 bits per heavy atom. The van der Waals surface area contributed by atoms with Crippen molar-refractivity contribution in [2.75, 3.05) is 5.73 Å². The number of nitrogen functional groups attached to an aromatic ring is 1. The van der Waals surface area contributed by atoms with Crippen molar-refractivity contribution in [3.8, 4) is 0 Å². The standard InChI is InChI=1S/C9H14N4/c10-9-5-11-13(12-9)8-4-6-1-2-7(8)3-6/h5-8H,1-4H2,(H2,10,12). The van der Waals surface area contributed by atoms with Crippen molar-refractivity contribution in [3.63, 3.8) is 0 Å². The van der Waals surface area contributed by atoms with E-state index >= 15 is 0 Å². The second-order valence-corrected chi connectivity index (χ2v) is 4.33. The summed E-state index contributed by atoms with van der Waals surface area (Å²) in [4.78, 5) is 1.83. The van der Waals surface area contributed by atoms with E-state index in [9.17, 15) is 0 Å². The van der Waals surface area contributed by atoms with E-state index in [2.05, 4.69) is 10.2 Å². The molecule has 2 bridgehead atoms. The Morgan fingerprint density at radius 2 is 2.31 bits per heavy atom. The molecule has 2 N–H and O–H groups in total. The van der Waals surface area contributed by atoms with Crippen molar-refractivity contribution in [3.05, 3.63) is 6.20 Å². The first-order valence-corrected chi connectivity index (χ1v) is 5.00. The third-order valence-electron chi connectivity index (χ3n) is 3.52. The summed E-state index contributed by atoms with van der Waals surface area (Å²) in [5.41, 5.74) is 5.55. The molecule has 2 saturated carbocycles. The molecule has 13 heavy (non-hydrogen) atoms. The Hall–Kier alpha value is -1.06. The van der Waals surface area contributed by atoms with Gasteiger partial charge in [0.25, 0.3) is 0 Å². The highest BCUT2D eigenvalue weighted by molar-refractivity contribution is 5.19. The average molecular weight is 178 g/mol. The number of anilines is 1. The molecule has 4 heteroatoms. The summed E-state index contributed by atoms with van der Waals surface area (Å²) in [7, 11) is 0. The molecule has 1 aromatic rings. The molecule has 70 valence electrons. The third kappa shape index (κ3) is 1.04. The summed E-state index contributed by atoms with van der Waals surface area (Å²) in [6, 6.07) is 0.538. The number of hydrogen-bond acceptors (Lipinski definition) is 3. The van der Waals surface area contributed by atoms with Crippen LogP contribution in [0.1, 0.15) is 31.7 Å². The van der Waals surface area contributed by atoms with Gasteiger partial charge in [-0.2, -0.15) is 9.90 Å². The van der Waals surface area contributed by atoms with E-state index in [1.807, 2.05) is 4.80 Å². The molecule has 0 saturated heterocycles. The molecule has 0 spiro atoms. The highest BCUT2D eigenvalue weighted by Gasteiger charge is 2.41. The molecule has 0 aromatic carbocycles.